The van der Waals surface area contributed by atoms with Crippen LogP contribution in [-0.2, 0) is 10.1 Å². The van der Waals surface area contributed by atoms with Crippen LogP contribution >= 0.6 is 0 Å². The molecule has 0 atom stereocenters. The Morgan fingerprint density at radius 3 is 1.82 bits per heavy atom. The second-order valence-electron chi connectivity index (χ2n) is 6.80. The third-order valence-corrected chi connectivity index (χ3v) is 13.1. The lowest BCUT2D eigenvalue weighted by molar-refractivity contribution is 0.483. The highest BCUT2D eigenvalue weighted by molar-refractivity contribution is 7.86. The molecule has 0 heterocycles. The lowest BCUT2D eigenvalue weighted by atomic mass is 10.2. The largest absolute Gasteiger partial charge is 0.294 e. The van der Waals surface area contributed by atoms with Gasteiger partial charge in [0.25, 0.3) is 10.1 Å². The third kappa shape index (κ3) is 3.07. The quantitative estimate of drug-likeness (QED) is 0.614. The van der Waals surface area contributed by atoms with E-state index in [0.29, 0.717) is 16.6 Å². The molecule has 1 N–H and O–H groups in total. The molecular formula is C17H28O3SSi. The average Bonchev–Trinajstić information content (AvgIpc) is 2.36. The number of benzene rings is 1. The summed E-state index contributed by atoms with van der Waals surface area (Å²) in [5, 5.41) is 0.826. The molecule has 0 amide bonds. The minimum absolute atomic E-state index is 0.0627. The monoisotopic (exact) mass is 340 g/mol. The Morgan fingerprint density at radius 1 is 1.05 bits per heavy atom. The molecule has 0 spiro atoms. The minimum Gasteiger partial charge on any atom is -0.282 e. The van der Waals surface area contributed by atoms with Gasteiger partial charge in [0.15, 0.2) is 0 Å². The molecule has 0 unspecified atom stereocenters. The number of hydrogen-bond donors (Lipinski definition) is 1. The van der Waals surface area contributed by atoms with Crippen LogP contribution in [0, 0.1) is 0 Å². The normalized spacial score (nSPS) is 13.2. The van der Waals surface area contributed by atoms with Crippen LogP contribution in [0.1, 0.15) is 47.1 Å². The van der Waals surface area contributed by atoms with Crippen molar-refractivity contribution in [2.45, 2.75) is 63.1 Å². The molecular weight excluding hydrogens is 312 g/mol. The van der Waals surface area contributed by atoms with Gasteiger partial charge in [-0.25, -0.2) is 0 Å². The van der Waals surface area contributed by atoms with E-state index in [4.69, 9.17) is 0 Å². The zero-order valence-electron chi connectivity index (χ0n) is 14.4. The van der Waals surface area contributed by atoms with Crippen LogP contribution in [0.2, 0.25) is 16.6 Å². The first kappa shape index (κ1) is 19.1. The minimum atomic E-state index is -4.26. The summed E-state index contributed by atoms with van der Waals surface area (Å²) in [7, 11) is -6.50. The maximum absolute atomic E-state index is 12.0. The second kappa shape index (κ2) is 6.68. The summed E-state index contributed by atoms with van der Waals surface area (Å²) in [6, 6.07) is 5.09. The number of rotatable bonds is 6. The zero-order valence-corrected chi connectivity index (χ0v) is 16.2. The van der Waals surface area contributed by atoms with Crippen LogP contribution in [0.25, 0.3) is 6.08 Å². The molecule has 0 bridgehead atoms. The van der Waals surface area contributed by atoms with Gasteiger partial charge in [-0.1, -0.05) is 66.3 Å². The highest BCUT2D eigenvalue weighted by atomic mass is 32.2. The van der Waals surface area contributed by atoms with E-state index in [1.54, 1.807) is 12.1 Å². The van der Waals surface area contributed by atoms with Gasteiger partial charge in [-0.15, -0.1) is 0 Å². The molecule has 1 rings (SSSR count). The summed E-state index contributed by atoms with van der Waals surface area (Å²) >= 11 is 0. The SMILES string of the molecule is C=Cc1cccc(S(=O)(=O)O)c1[Si](C(C)C)(C(C)C)C(C)C. The van der Waals surface area contributed by atoms with Crippen molar-refractivity contribution in [2.75, 3.05) is 0 Å². The highest BCUT2D eigenvalue weighted by Gasteiger charge is 2.47. The molecule has 0 radical (unpaired) electrons. The Kier molecular flexibility index (Phi) is 5.81. The van der Waals surface area contributed by atoms with E-state index in [1.165, 1.54) is 6.07 Å². The average molecular weight is 341 g/mol. The molecule has 0 fully saturated rings. The molecule has 5 heteroatoms. The summed E-state index contributed by atoms with van der Waals surface area (Å²) in [6.45, 7) is 16.9. The molecule has 1 aromatic carbocycles. The van der Waals surface area contributed by atoms with Crippen molar-refractivity contribution in [2.24, 2.45) is 0 Å². The maximum Gasteiger partial charge on any atom is 0.294 e. The van der Waals surface area contributed by atoms with Crippen molar-refractivity contribution in [3.05, 3.63) is 30.3 Å². The second-order valence-corrected chi connectivity index (χ2v) is 14.0. The van der Waals surface area contributed by atoms with Crippen molar-refractivity contribution < 1.29 is 13.0 Å². The lowest BCUT2D eigenvalue weighted by Crippen LogP contribution is -2.58. The molecule has 0 aromatic heterocycles. The summed E-state index contributed by atoms with van der Waals surface area (Å²) < 4.78 is 33.7. The van der Waals surface area contributed by atoms with E-state index < -0.39 is 18.2 Å². The zero-order chi connectivity index (χ0) is 17.3. The summed E-state index contributed by atoms with van der Waals surface area (Å²) in [6.07, 6.45) is 1.71. The van der Waals surface area contributed by atoms with Crippen molar-refractivity contribution in [1.82, 2.24) is 0 Å². The summed E-state index contributed by atoms with van der Waals surface area (Å²) in [4.78, 5) is 0.0627. The first-order chi connectivity index (χ1) is 10.0. The Morgan fingerprint density at radius 2 is 1.50 bits per heavy atom. The van der Waals surface area contributed by atoms with E-state index in [2.05, 4.69) is 48.1 Å². The Labute approximate surface area is 136 Å². The van der Waals surface area contributed by atoms with Crippen molar-refractivity contribution in [1.29, 1.82) is 0 Å². The van der Waals surface area contributed by atoms with Gasteiger partial charge in [-0.05, 0) is 33.4 Å². The van der Waals surface area contributed by atoms with E-state index in [0.717, 1.165) is 10.8 Å². The van der Waals surface area contributed by atoms with Crippen molar-refractivity contribution in [3.8, 4) is 0 Å². The van der Waals surface area contributed by atoms with Crippen molar-refractivity contribution in [3.63, 3.8) is 0 Å². The Bertz CT molecular complexity index is 624. The van der Waals surface area contributed by atoms with E-state index in [1.807, 2.05) is 6.07 Å². The van der Waals surface area contributed by atoms with Crippen LogP contribution in [0.4, 0.5) is 0 Å². The molecule has 1 aromatic rings. The van der Waals surface area contributed by atoms with Gasteiger partial charge in [0.1, 0.15) is 0 Å². The van der Waals surface area contributed by atoms with Crippen molar-refractivity contribution >= 4 is 29.5 Å². The van der Waals surface area contributed by atoms with Gasteiger partial charge < -0.3 is 0 Å². The fraction of sp³-hybridized carbons (Fsp3) is 0.529. The lowest BCUT2D eigenvalue weighted by Gasteiger charge is -2.45. The highest BCUT2D eigenvalue weighted by Crippen LogP contribution is 2.42. The predicted octanol–water partition coefficient (Wildman–Crippen LogP) is 4.46. The molecule has 22 heavy (non-hydrogen) atoms. The first-order valence-corrected chi connectivity index (χ1v) is 11.4. The maximum atomic E-state index is 12.0. The fourth-order valence-electron chi connectivity index (χ4n) is 4.26. The predicted molar refractivity (Wildman–Crippen MR) is 97.0 cm³/mol. The van der Waals surface area contributed by atoms with E-state index >= 15 is 0 Å². The molecule has 124 valence electrons. The Balaban J connectivity index is 4.02. The molecule has 0 aliphatic rings. The smallest absolute Gasteiger partial charge is 0.282 e. The number of hydrogen-bond acceptors (Lipinski definition) is 2. The van der Waals surface area contributed by atoms with Gasteiger partial charge in [0.05, 0.1) is 13.0 Å². The fourth-order valence-corrected chi connectivity index (χ4v) is 12.7. The van der Waals surface area contributed by atoms with Gasteiger partial charge in [0.2, 0.25) is 0 Å². The Hall–Kier alpha value is -0.913. The van der Waals surface area contributed by atoms with Crippen LogP contribution in [0.3, 0.4) is 0 Å². The van der Waals surface area contributed by atoms with E-state index in [-0.39, 0.29) is 4.90 Å². The first-order valence-electron chi connectivity index (χ1n) is 7.74. The van der Waals surface area contributed by atoms with Crippen LogP contribution < -0.4 is 5.19 Å². The van der Waals surface area contributed by atoms with E-state index in [9.17, 15) is 13.0 Å². The molecule has 3 nitrogen and oxygen atoms in total. The molecule has 0 saturated carbocycles. The molecule has 0 aliphatic carbocycles. The summed E-state index contributed by atoms with van der Waals surface area (Å²) in [5.41, 5.74) is 1.86. The van der Waals surface area contributed by atoms with Crippen LogP contribution in [-0.4, -0.2) is 21.0 Å². The van der Waals surface area contributed by atoms with Gasteiger partial charge in [-0.3, -0.25) is 4.55 Å². The molecule has 0 aliphatic heterocycles. The standard InChI is InChI=1S/C17H28O3SSi/c1-8-15-10-9-11-16(21(18,19)20)17(15)22(12(2)3,13(4)5)14(6)7/h8-14H,1H2,2-7H3,(H,18,19,20). The van der Waals surface area contributed by atoms with Gasteiger partial charge in [0, 0.05) is 0 Å². The van der Waals surface area contributed by atoms with Crippen LogP contribution in [0.15, 0.2) is 29.7 Å². The van der Waals surface area contributed by atoms with Gasteiger partial charge in [-0.2, -0.15) is 8.42 Å². The third-order valence-electron chi connectivity index (χ3n) is 4.86. The van der Waals surface area contributed by atoms with Gasteiger partial charge >= 0.3 is 0 Å². The summed E-state index contributed by atoms with van der Waals surface area (Å²) in [5.74, 6) is 0. The van der Waals surface area contributed by atoms with Crippen LogP contribution in [0.5, 0.6) is 0 Å². The topological polar surface area (TPSA) is 54.4 Å². The molecule has 0 saturated heterocycles.